The van der Waals surface area contributed by atoms with Gasteiger partial charge in [-0.1, -0.05) is 47.7 Å². The number of hydrogen-bond donors (Lipinski definition) is 0. The minimum Gasteiger partial charge on any atom is -0.463 e. The molecule has 5 atom stereocenters. The van der Waals surface area contributed by atoms with Gasteiger partial charge in [-0.15, -0.1) is 5.10 Å². The topological polar surface area (TPSA) is 145 Å². The minimum absolute atomic E-state index is 0.334. The Kier molecular flexibility index (Phi) is 8.01. The lowest BCUT2D eigenvalue weighted by Gasteiger charge is -2.44. The summed E-state index contributed by atoms with van der Waals surface area (Å²) in [5.41, 5.74) is 1.31. The Bertz CT molecular complexity index is 1350. The van der Waals surface area contributed by atoms with Gasteiger partial charge in [0.05, 0.1) is 6.20 Å². The standard InChI is InChI=1S/C26H27N3O9/c1-14(30)34-13-22-23(35-15(2)31)24(36-16(3)32)25(37-17(4)33)26(38-22)29-12-21(27-28-29)20-11-7-9-18-8-5-6-10-19(18)20/h5-12,22-26H,13H2,1-4H3/t22-,23-,24+,25-,26-/m1/s1. The van der Waals surface area contributed by atoms with Gasteiger partial charge in [0.15, 0.2) is 24.5 Å². The van der Waals surface area contributed by atoms with E-state index in [0.717, 1.165) is 30.2 Å². The molecule has 12 nitrogen and oxygen atoms in total. The Morgan fingerprint density at radius 2 is 1.45 bits per heavy atom. The lowest BCUT2D eigenvalue weighted by molar-refractivity contribution is -0.270. The summed E-state index contributed by atoms with van der Waals surface area (Å²) in [5, 5.41) is 10.5. The Morgan fingerprint density at radius 1 is 0.816 bits per heavy atom. The highest BCUT2D eigenvalue weighted by Crippen LogP contribution is 2.35. The first kappa shape index (κ1) is 26.7. The molecule has 1 aliphatic rings. The highest BCUT2D eigenvalue weighted by atomic mass is 16.7. The summed E-state index contributed by atoms with van der Waals surface area (Å²) in [7, 11) is 0. The van der Waals surface area contributed by atoms with E-state index in [1.54, 1.807) is 6.20 Å². The maximum absolute atomic E-state index is 12.1. The van der Waals surface area contributed by atoms with E-state index in [4.69, 9.17) is 23.7 Å². The van der Waals surface area contributed by atoms with Crippen LogP contribution < -0.4 is 0 Å². The molecule has 1 fully saturated rings. The van der Waals surface area contributed by atoms with Crippen molar-refractivity contribution >= 4 is 34.6 Å². The third kappa shape index (κ3) is 5.97. The first-order valence-electron chi connectivity index (χ1n) is 11.8. The van der Waals surface area contributed by atoms with Crippen molar-refractivity contribution in [2.24, 2.45) is 0 Å². The van der Waals surface area contributed by atoms with Crippen LogP contribution in [-0.2, 0) is 42.9 Å². The van der Waals surface area contributed by atoms with E-state index in [0.29, 0.717) is 5.69 Å². The molecule has 3 aromatic rings. The van der Waals surface area contributed by atoms with Crippen molar-refractivity contribution in [1.82, 2.24) is 15.0 Å². The van der Waals surface area contributed by atoms with Crippen molar-refractivity contribution in [3.63, 3.8) is 0 Å². The molecule has 0 radical (unpaired) electrons. The first-order chi connectivity index (χ1) is 18.1. The van der Waals surface area contributed by atoms with E-state index in [1.165, 1.54) is 18.5 Å². The molecule has 1 aromatic heterocycles. The van der Waals surface area contributed by atoms with Gasteiger partial charge in [0.2, 0.25) is 0 Å². The summed E-state index contributed by atoms with van der Waals surface area (Å²) in [6.45, 7) is 4.37. The van der Waals surface area contributed by atoms with Crippen molar-refractivity contribution in [2.45, 2.75) is 58.3 Å². The summed E-state index contributed by atoms with van der Waals surface area (Å²) in [6.07, 6.45) is -4.50. The van der Waals surface area contributed by atoms with Crippen molar-refractivity contribution in [3.05, 3.63) is 48.7 Å². The maximum Gasteiger partial charge on any atom is 0.303 e. The summed E-state index contributed by atoms with van der Waals surface area (Å²) in [4.78, 5) is 47.6. The van der Waals surface area contributed by atoms with Crippen molar-refractivity contribution < 1.29 is 42.9 Å². The largest absolute Gasteiger partial charge is 0.463 e. The Hall–Kier alpha value is -4.32. The number of carbonyl (C=O) groups excluding carboxylic acids is 4. The molecule has 0 saturated carbocycles. The number of hydrogen-bond acceptors (Lipinski definition) is 11. The number of ether oxygens (including phenoxy) is 5. The molecule has 38 heavy (non-hydrogen) atoms. The second-order valence-electron chi connectivity index (χ2n) is 8.70. The zero-order valence-corrected chi connectivity index (χ0v) is 21.2. The lowest BCUT2D eigenvalue weighted by Crippen LogP contribution is -2.60. The lowest BCUT2D eigenvalue weighted by atomic mass is 9.97. The monoisotopic (exact) mass is 525 g/mol. The fourth-order valence-corrected chi connectivity index (χ4v) is 4.39. The van der Waals surface area contributed by atoms with Gasteiger partial charge in [0, 0.05) is 33.3 Å². The first-order valence-corrected chi connectivity index (χ1v) is 11.8. The second kappa shape index (κ2) is 11.4. The van der Waals surface area contributed by atoms with Crippen LogP contribution in [0.5, 0.6) is 0 Å². The van der Waals surface area contributed by atoms with Crippen molar-refractivity contribution in [3.8, 4) is 11.3 Å². The van der Waals surface area contributed by atoms with E-state index in [-0.39, 0.29) is 6.61 Å². The van der Waals surface area contributed by atoms with Gasteiger partial charge in [0.25, 0.3) is 0 Å². The van der Waals surface area contributed by atoms with Crippen LogP contribution in [0.1, 0.15) is 33.9 Å². The third-order valence-corrected chi connectivity index (χ3v) is 5.80. The van der Waals surface area contributed by atoms with E-state index < -0.39 is 54.5 Å². The van der Waals surface area contributed by atoms with Crippen LogP contribution in [0.4, 0.5) is 0 Å². The summed E-state index contributed by atoms with van der Waals surface area (Å²) in [6, 6.07) is 13.5. The number of nitrogens with zero attached hydrogens (tertiary/aromatic N) is 3. The molecule has 0 unspecified atom stereocenters. The van der Waals surface area contributed by atoms with Crippen LogP contribution in [0, 0.1) is 0 Å². The second-order valence-corrected chi connectivity index (χ2v) is 8.70. The Labute approximate surface area is 217 Å². The summed E-state index contributed by atoms with van der Waals surface area (Å²) < 4.78 is 29.0. The highest BCUT2D eigenvalue weighted by Gasteiger charge is 2.53. The summed E-state index contributed by atoms with van der Waals surface area (Å²) >= 11 is 0. The van der Waals surface area contributed by atoms with Crippen LogP contribution in [0.25, 0.3) is 22.0 Å². The van der Waals surface area contributed by atoms with E-state index >= 15 is 0 Å². The van der Waals surface area contributed by atoms with Crippen LogP contribution in [0.2, 0.25) is 0 Å². The molecule has 0 bridgehead atoms. The van der Waals surface area contributed by atoms with Gasteiger partial charge in [0.1, 0.15) is 18.4 Å². The zero-order chi connectivity index (χ0) is 27.4. The number of carbonyl (C=O) groups is 4. The normalized spacial score (nSPS) is 22.9. The predicted molar refractivity (Wildman–Crippen MR) is 130 cm³/mol. The van der Waals surface area contributed by atoms with E-state index in [2.05, 4.69) is 10.3 Å². The van der Waals surface area contributed by atoms with Gasteiger partial charge in [-0.2, -0.15) is 0 Å². The molecular weight excluding hydrogens is 498 g/mol. The quantitative estimate of drug-likeness (QED) is 0.331. The molecule has 200 valence electrons. The van der Waals surface area contributed by atoms with Gasteiger partial charge in [-0.25, -0.2) is 4.68 Å². The van der Waals surface area contributed by atoms with Crippen molar-refractivity contribution in [1.29, 1.82) is 0 Å². The highest BCUT2D eigenvalue weighted by molar-refractivity contribution is 5.95. The maximum atomic E-state index is 12.1. The van der Waals surface area contributed by atoms with Crippen LogP contribution in [-0.4, -0.2) is 69.9 Å². The average Bonchev–Trinajstić information content (AvgIpc) is 3.34. The molecule has 0 N–H and O–H groups in total. The Balaban J connectivity index is 1.77. The predicted octanol–water partition coefficient (Wildman–Crippen LogP) is 2.35. The number of aromatic nitrogens is 3. The van der Waals surface area contributed by atoms with E-state index in [1.807, 2.05) is 42.5 Å². The minimum atomic E-state index is -1.30. The number of benzene rings is 2. The molecule has 2 heterocycles. The van der Waals surface area contributed by atoms with Gasteiger partial charge >= 0.3 is 23.9 Å². The average molecular weight is 526 g/mol. The SMILES string of the molecule is CC(=O)OC[C@H]1O[C@@H](n2cc(-c3cccc4ccccc34)nn2)[C@H](OC(C)=O)[C@@H](OC(C)=O)[C@@H]1OC(C)=O. The molecule has 1 saturated heterocycles. The fraction of sp³-hybridized carbons (Fsp3) is 0.385. The third-order valence-electron chi connectivity index (χ3n) is 5.80. The zero-order valence-electron chi connectivity index (χ0n) is 21.2. The van der Waals surface area contributed by atoms with Gasteiger partial charge in [-0.05, 0) is 10.8 Å². The molecule has 0 aliphatic carbocycles. The van der Waals surface area contributed by atoms with Gasteiger partial charge < -0.3 is 23.7 Å². The number of esters is 4. The Morgan fingerprint density at radius 3 is 2.13 bits per heavy atom. The van der Waals surface area contributed by atoms with Crippen molar-refractivity contribution in [2.75, 3.05) is 6.61 Å². The molecule has 1 aliphatic heterocycles. The smallest absolute Gasteiger partial charge is 0.303 e. The van der Waals surface area contributed by atoms with Crippen LogP contribution in [0.3, 0.4) is 0 Å². The van der Waals surface area contributed by atoms with E-state index in [9.17, 15) is 19.2 Å². The fourth-order valence-electron chi connectivity index (χ4n) is 4.39. The van der Waals surface area contributed by atoms with Crippen LogP contribution >= 0.6 is 0 Å². The number of rotatable bonds is 7. The number of fused-ring (bicyclic) bond motifs is 1. The molecule has 4 rings (SSSR count). The van der Waals surface area contributed by atoms with Gasteiger partial charge in [-0.3, -0.25) is 19.2 Å². The molecular formula is C26H27N3O9. The summed E-state index contributed by atoms with van der Waals surface area (Å²) in [5.74, 6) is -2.72. The molecule has 0 spiro atoms. The van der Waals surface area contributed by atoms with Crippen LogP contribution in [0.15, 0.2) is 48.7 Å². The molecule has 2 aromatic carbocycles. The molecule has 12 heteroatoms. The molecule has 0 amide bonds.